The monoisotopic (exact) mass is 371 g/mol. The van der Waals surface area contributed by atoms with Gasteiger partial charge in [-0.05, 0) is 29.8 Å². The Morgan fingerprint density at radius 3 is 2.54 bits per heavy atom. The van der Waals surface area contributed by atoms with E-state index in [0.29, 0.717) is 17.1 Å². The minimum absolute atomic E-state index is 0.0910. The van der Waals surface area contributed by atoms with Gasteiger partial charge in [0.1, 0.15) is 11.5 Å². The molecule has 1 fully saturated rings. The fraction of sp³-hybridized carbons (Fsp3) is 0.211. The summed E-state index contributed by atoms with van der Waals surface area (Å²) in [6, 6.07) is 13.9. The summed E-state index contributed by atoms with van der Waals surface area (Å²) in [5.41, 5.74) is 1.34. The molecule has 26 heavy (non-hydrogen) atoms. The van der Waals surface area contributed by atoms with E-state index in [1.165, 1.54) is 4.90 Å². The normalized spacial score (nSPS) is 13.8. The molecule has 134 valence electrons. The van der Waals surface area contributed by atoms with Crippen LogP contribution in [0.3, 0.4) is 0 Å². The highest BCUT2D eigenvalue weighted by Gasteiger charge is 2.29. The smallest absolute Gasteiger partial charge is 0.289 e. The second-order valence-electron chi connectivity index (χ2n) is 5.62. The largest absolute Gasteiger partial charge is 0.497 e. The van der Waals surface area contributed by atoms with E-state index >= 15 is 0 Å². The van der Waals surface area contributed by atoms with Crippen LogP contribution in [-0.4, -0.2) is 41.3 Å². The molecule has 7 heteroatoms. The maximum Gasteiger partial charge on any atom is 0.289 e. The molecule has 1 aliphatic rings. The quantitative estimate of drug-likeness (QED) is 0.696. The molecule has 0 bridgehead atoms. The van der Waals surface area contributed by atoms with Crippen LogP contribution in [0.1, 0.15) is 15.9 Å². The Morgan fingerprint density at radius 2 is 1.88 bits per heavy atom. The van der Waals surface area contributed by atoms with Crippen LogP contribution in [0.4, 0.5) is 4.79 Å². The number of nitrogens with zero attached hydrogens (tertiary/aromatic N) is 1. The highest BCUT2D eigenvalue weighted by atomic mass is 32.2. The van der Waals surface area contributed by atoms with Crippen molar-refractivity contribution >= 4 is 28.7 Å². The van der Waals surface area contributed by atoms with E-state index < -0.39 is 0 Å². The van der Waals surface area contributed by atoms with Gasteiger partial charge in [0.05, 0.1) is 19.4 Å². The van der Waals surface area contributed by atoms with Crippen molar-refractivity contribution in [2.24, 2.45) is 0 Å². The van der Waals surface area contributed by atoms with Gasteiger partial charge in [-0.1, -0.05) is 36.0 Å². The average molecular weight is 371 g/mol. The van der Waals surface area contributed by atoms with Crippen LogP contribution in [0.5, 0.6) is 11.5 Å². The topological polar surface area (TPSA) is 72.9 Å². The van der Waals surface area contributed by atoms with E-state index in [-0.39, 0.29) is 35.8 Å². The molecular weight excluding hydrogens is 354 g/mol. The first-order valence-corrected chi connectivity index (χ1v) is 8.91. The summed E-state index contributed by atoms with van der Waals surface area (Å²) < 4.78 is 10.6. The van der Waals surface area contributed by atoms with E-state index in [2.05, 4.69) is 0 Å². The number of ketones is 1. The SMILES string of the molecule is COc1cccc(C(=O)COc2ccc(CN3C(=O)CSC3=O)cc2)c1. The zero-order valence-corrected chi connectivity index (χ0v) is 15.0. The van der Waals surface area contributed by atoms with Crippen molar-refractivity contribution in [3.63, 3.8) is 0 Å². The summed E-state index contributed by atoms with van der Waals surface area (Å²) in [6.07, 6.45) is 0. The third kappa shape index (κ3) is 4.23. The number of hydrogen-bond acceptors (Lipinski definition) is 6. The van der Waals surface area contributed by atoms with Crippen LogP contribution in [0.2, 0.25) is 0 Å². The van der Waals surface area contributed by atoms with Gasteiger partial charge in [-0.15, -0.1) is 0 Å². The van der Waals surface area contributed by atoms with E-state index in [4.69, 9.17) is 9.47 Å². The van der Waals surface area contributed by atoms with Crippen molar-refractivity contribution in [2.45, 2.75) is 6.54 Å². The van der Waals surface area contributed by atoms with Gasteiger partial charge in [-0.3, -0.25) is 19.3 Å². The Morgan fingerprint density at radius 1 is 1.12 bits per heavy atom. The van der Waals surface area contributed by atoms with Gasteiger partial charge < -0.3 is 9.47 Å². The van der Waals surface area contributed by atoms with Crippen LogP contribution >= 0.6 is 11.8 Å². The Bertz CT molecular complexity index is 818. The summed E-state index contributed by atoms with van der Waals surface area (Å²) >= 11 is 1.01. The molecule has 0 aliphatic carbocycles. The van der Waals surface area contributed by atoms with Crippen LogP contribution < -0.4 is 9.47 Å². The van der Waals surface area contributed by atoms with E-state index in [1.807, 2.05) is 0 Å². The molecule has 6 nitrogen and oxygen atoms in total. The Labute approximate surface area is 155 Å². The summed E-state index contributed by atoms with van der Waals surface area (Å²) in [4.78, 5) is 36.7. The highest BCUT2D eigenvalue weighted by Crippen LogP contribution is 2.22. The number of Topliss-reactive ketones (excluding diaryl/α,β-unsaturated/α-hetero) is 1. The van der Waals surface area contributed by atoms with Crippen LogP contribution in [0, 0.1) is 0 Å². The Kier molecular flexibility index (Phi) is 5.58. The van der Waals surface area contributed by atoms with Crippen LogP contribution in [0.25, 0.3) is 0 Å². The fourth-order valence-corrected chi connectivity index (χ4v) is 3.16. The van der Waals surface area contributed by atoms with Gasteiger partial charge in [0.15, 0.2) is 12.4 Å². The number of thioether (sulfide) groups is 1. The van der Waals surface area contributed by atoms with Crippen molar-refractivity contribution in [1.29, 1.82) is 0 Å². The lowest BCUT2D eigenvalue weighted by Gasteiger charge is -2.13. The standard InChI is InChI=1S/C19H17NO5S/c1-24-16-4-2-3-14(9-16)17(21)11-25-15-7-5-13(6-8-15)10-20-18(22)12-26-19(20)23/h2-9H,10-12H2,1H3. The lowest BCUT2D eigenvalue weighted by molar-refractivity contribution is -0.125. The first-order chi connectivity index (χ1) is 12.6. The molecule has 1 saturated heterocycles. The molecule has 0 saturated carbocycles. The molecule has 0 unspecified atom stereocenters. The summed E-state index contributed by atoms with van der Waals surface area (Å²) in [5, 5.41) is -0.223. The van der Waals surface area contributed by atoms with Gasteiger partial charge in [-0.2, -0.15) is 0 Å². The summed E-state index contributed by atoms with van der Waals surface area (Å²) in [5.74, 6) is 1.03. The van der Waals surface area contributed by atoms with Gasteiger partial charge in [-0.25, -0.2) is 0 Å². The van der Waals surface area contributed by atoms with Crippen molar-refractivity contribution in [1.82, 2.24) is 4.90 Å². The molecule has 3 rings (SSSR count). The molecule has 1 aliphatic heterocycles. The fourth-order valence-electron chi connectivity index (χ4n) is 2.44. The maximum absolute atomic E-state index is 12.2. The molecule has 0 N–H and O–H groups in total. The number of rotatable bonds is 7. The second kappa shape index (κ2) is 8.05. The van der Waals surface area contributed by atoms with Gasteiger partial charge >= 0.3 is 0 Å². The molecule has 2 aromatic carbocycles. The lowest BCUT2D eigenvalue weighted by atomic mass is 10.1. The molecule has 1 heterocycles. The minimum Gasteiger partial charge on any atom is -0.497 e. The minimum atomic E-state index is -0.223. The number of carbonyl (C=O) groups is 3. The van der Waals surface area contributed by atoms with E-state index in [9.17, 15) is 14.4 Å². The number of methoxy groups -OCH3 is 1. The van der Waals surface area contributed by atoms with Gasteiger partial charge in [0.25, 0.3) is 5.24 Å². The number of amides is 2. The molecule has 0 spiro atoms. The van der Waals surface area contributed by atoms with Crippen molar-refractivity contribution in [3.8, 4) is 11.5 Å². The number of benzene rings is 2. The van der Waals surface area contributed by atoms with E-state index in [1.54, 1.807) is 55.6 Å². The van der Waals surface area contributed by atoms with Crippen molar-refractivity contribution in [2.75, 3.05) is 19.5 Å². The lowest BCUT2D eigenvalue weighted by Crippen LogP contribution is -2.27. The maximum atomic E-state index is 12.2. The zero-order chi connectivity index (χ0) is 18.5. The number of carbonyl (C=O) groups excluding carboxylic acids is 3. The zero-order valence-electron chi connectivity index (χ0n) is 14.1. The Balaban J connectivity index is 1.56. The third-order valence-corrected chi connectivity index (χ3v) is 4.72. The van der Waals surface area contributed by atoms with Crippen molar-refractivity contribution in [3.05, 3.63) is 59.7 Å². The molecule has 0 radical (unpaired) electrons. The predicted molar refractivity (Wildman–Crippen MR) is 97.7 cm³/mol. The molecule has 0 atom stereocenters. The van der Waals surface area contributed by atoms with Gasteiger partial charge in [0.2, 0.25) is 5.91 Å². The number of imide groups is 1. The average Bonchev–Trinajstić information content (AvgIpc) is 2.99. The third-order valence-electron chi connectivity index (χ3n) is 3.87. The van der Waals surface area contributed by atoms with Gasteiger partial charge in [0, 0.05) is 5.56 Å². The Hall–Kier alpha value is -2.80. The molecule has 2 amide bonds. The molecule has 0 aromatic heterocycles. The summed E-state index contributed by atoms with van der Waals surface area (Å²) in [6.45, 7) is 0.153. The molecular formula is C19H17NO5S. The highest BCUT2D eigenvalue weighted by molar-refractivity contribution is 8.14. The van der Waals surface area contributed by atoms with Crippen LogP contribution in [-0.2, 0) is 11.3 Å². The molecule has 2 aromatic rings. The number of hydrogen-bond donors (Lipinski definition) is 0. The van der Waals surface area contributed by atoms with Crippen LogP contribution in [0.15, 0.2) is 48.5 Å². The van der Waals surface area contributed by atoms with Crippen molar-refractivity contribution < 1.29 is 23.9 Å². The van der Waals surface area contributed by atoms with E-state index in [0.717, 1.165) is 17.3 Å². The second-order valence-corrected chi connectivity index (χ2v) is 6.55. The summed E-state index contributed by atoms with van der Waals surface area (Å²) in [7, 11) is 1.55. The first kappa shape index (κ1) is 18.0. The predicted octanol–water partition coefficient (Wildman–Crippen LogP) is 3.15. The number of ether oxygens (including phenoxy) is 2. The first-order valence-electron chi connectivity index (χ1n) is 7.93.